The molecule has 0 spiro atoms. The van der Waals surface area contributed by atoms with Crippen LogP contribution >= 0.6 is 0 Å². The molecule has 0 saturated heterocycles. The SMILES string of the molecule is Bc1ccc(C(=O)N(C)C)cc1F. The fraction of sp³-hybridized carbons (Fsp3) is 0.222. The lowest BCUT2D eigenvalue weighted by atomic mass is 9.94. The van der Waals surface area contributed by atoms with E-state index in [0.29, 0.717) is 11.0 Å². The highest BCUT2D eigenvalue weighted by Crippen LogP contribution is 2.03. The van der Waals surface area contributed by atoms with E-state index in [2.05, 4.69) is 0 Å². The van der Waals surface area contributed by atoms with E-state index in [4.69, 9.17) is 0 Å². The van der Waals surface area contributed by atoms with Crippen molar-refractivity contribution in [3.63, 3.8) is 0 Å². The van der Waals surface area contributed by atoms with Gasteiger partial charge in [-0.05, 0) is 12.1 Å². The molecule has 1 aromatic rings. The van der Waals surface area contributed by atoms with Gasteiger partial charge in [0.05, 0.1) is 0 Å². The molecule has 68 valence electrons. The van der Waals surface area contributed by atoms with Gasteiger partial charge in [0.2, 0.25) is 0 Å². The molecule has 0 heterocycles. The zero-order chi connectivity index (χ0) is 10.0. The highest BCUT2D eigenvalue weighted by molar-refractivity contribution is 6.32. The van der Waals surface area contributed by atoms with Crippen molar-refractivity contribution < 1.29 is 9.18 Å². The second kappa shape index (κ2) is 3.60. The van der Waals surface area contributed by atoms with Crippen LogP contribution in [0.2, 0.25) is 0 Å². The monoisotopic (exact) mass is 179 g/mol. The van der Waals surface area contributed by atoms with E-state index >= 15 is 0 Å². The average molecular weight is 179 g/mol. The minimum Gasteiger partial charge on any atom is -0.345 e. The Morgan fingerprint density at radius 2 is 2.08 bits per heavy atom. The third-order valence-electron chi connectivity index (χ3n) is 1.82. The van der Waals surface area contributed by atoms with Gasteiger partial charge in [-0.15, -0.1) is 0 Å². The minimum atomic E-state index is -0.340. The van der Waals surface area contributed by atoms with Crippen molar-refractivity contribution in [1.29, 1.82) is 0 Å². The molecule has 1 aromatic carbocycles. The molecule has 2 nitrogen and oxygen atoms in total. The number of benzene rings is 1. The van der Waals surface area contributed by atoms with Gasteiger partial charge in [-0.3, -0.25) is 4.79 Å². The molecule has 4 heteroatoms. The van der Waals surface area contributed by atoms with Crippen molar-refractivity contribution in [2.75, 3.05) is 14.1 Å². The predicted octanol–water partition coefficient (Wildman–Crippen LogP) is -0.214. The lowest BCUT2D eigenvalue weighted by molar-refractivity contribution is 0.0827. The van der Waals surface area contributed by atoms with Crippen LogP contribution in [0.3, 0.4) is 0 Å². The Balaban J connectivity index is 3.04. The fourth-order valence-electron chi connectivity index (χ4n) is 0.984. The summed E-state index contributed by atoms with van der Waals surface area (Å²) < 4.78 is 13.0. The zero-order valence-corrected chi connectivity index (χ0v) is 7.97. The lowest BCUT2D eigenvalue weighted by Crippen LogP contribution is -2.22. The number of amides is 1. The number of hydrogen-bond donors (Lipinski definition) is 0. The Bertz CT molecular complexity index is 338. The molecule has 0 aromatic heterocycles. The van der Waals surface area contributed by atoms with Crippen LogP contribution in [0.1, 0.15) is 10.4 Å². The Kier molecular flexibility index (Phi) is 2.71. The smallest absolute Gasteiger partial charge is 0.253 e. The summed E-state index contributed by atoms with van der Waals surface area (Å²) >= 11 is 0. The van der Waals surface area contributed by atoms with E-state index in [1.807, 2.05) is 0 Å². The van der Waals surface area contributed by atoms with Gasteiger partial charge in [-0.2, -0.15) is 0 Å². The van der Waals surface area contributed by atoms with Crippen molar-refractivity contribution in [2.45, 2.75) is 0 Å². The first kappa shape index (κ1) is 9.77. The first-order chi connectivity index (χ1) is 6.02. The second-order valence-electron chi connectivity index (χ2n) is 3.16. The van der Waals surface area contributed by atoms with Crippen LogP contribution in [0.5, 0.6) is 0 Å². The van der Waals surface area contributed by atoms with Crippen molar-refractivity contribution in [3.05, 3.63) is 29.6 Å². The van der Waals surface area contributed by atoms with Gasteiger partial charge in [-0.1, -0.05) is 11.5 Å². The van der Waals surface area contributed by atoms with Gasteiger partial charge in [0, 0.05) is 19.7 Å². The zero-order valence-electron chi connectivity index (χ0n) is 7.97. The first-order valence-electron chi connectivity index (χ1n) is 4.00. The van der Waals surface area contributed by atoms with Gasteiger partial charge in [0.25, 0.3) is 5.91 Å². The van der Waals surface area contributed by atoms with Gasteiger partial charge < -0.3 is 4.90 Å². The van der Waals surface area contributed by atoms with E-state index in [1.165, 1.54) is 11.0 Å². The summed E-state index contributed by atoms with van der Waals surface area (Å²) in [6, 6.07) is 4.49. The topological polar surface area (TPSA) is 20.3 Å². The second-order valence-corrected chi connectivity index (χ2v) is 3.16. The largest absolute Gasteiger partial charge is 0.345 e. The highest BCUT2D eigenvalue weighted by atomic mass is 19.1. The molecule has 0 fully saturated rings. The Morgan fingerprint density at radius 1 is 1.46 bits per heavy atom. The van der Waals surface area contributed by atoms with Crippen LogP contribution in [-0.2, 0) is 0 Å². The van der Waals surface area contributed by atoms with Crippen molar-refractivity contribution in [2.24, 2.45) is 0 Å². The van der Waals surface area contributed by atoms with E-state index < -0.39 is 0 Å². The molecule has 0 aliphatic heterocycles. The molecule has 0 saturated carbocycles. The van der Waals surface area contributed by atoms with E-state index in [9.17, 15) is 9.18 Å². The molecule has 0 atom stereocenters. The summed E-state index contributed by atoms with van der Waals surface area (Å²) in [6.07, 6.45) is 0. The van der Waals surface area contributed by atoms with E-state index in [-0.39, 0.29) is 11.7 Å². The highest BCUT2D eigenvalue weighted by Gasteiger charge is 2.08. The number of rotatable bonds is 1. The maximum absolute atomic E-state index is 13.0. The number of carbonyl (C=O) groups is 1. The van der Waals surface area contributed by atoms with Crippen molar-refractivity contribution in [3.8, 4) is 0 Å². The Hall–Kier alpha value is -1.32. The molecule has 0 aliphatic rings. The standard InChI is InChI=1S/C9H11BFNO/c1-12(2)9(13)6-3-4-7(10)8(11)5-6/h3-5H,10H2,1-2H3. The van der Waals surface area contributed by atoms with Crippen LogP contribution < -0.4 is 5.46 Å². The van der Waals surface area contributed by atoms with Gasteiger partial charge in [0.15, 0.2) is 0 Å². The number of nitrogens with zero attached hydrogens (tertiary/aromatic N) is 1. The first-order valence-corrected chi connectivity index (χ1v) is 4.00. The molecule has 13 heavy (non-hydrogen) atoms. The molecule has 0 radical (unpaired) electrons. The molecule has 0 unspecified atom stereocenters. The van der Waals surface area contributed by atoms with Crippen LogP contribution in [0, 0.1) is 5.82 Å². The summed E-state index contributed by atoms with van der Waals surface area (Å²) in [5.41, 5.74) is 0.934. The summed E-state index contributed by atoms with van der Waals surface area (Å²) in [6.45, 7) is 0. The third-order valence-corrected chi connectivity index (χ3v) is 1.82. The van der Waals surface area contributed by atoms with Crippen LogP contribution in [0.25, 0.3) is 0 Å². The van der Waals surface area contributed by atoms with Gasteiger partial charge in [0.1, 0.15) is 13.7 Å². The summed E-state index contributed by atoms with van der Waals surface area (Å²) in [7, 11) is 4.94. The lowest BCUT2D eigenvalue weighted by Gasteiger charge is -2.10. The van der Waals surface area contributed by atoms with Crippen molar-refractivity contribution >= 4 is 19.2 Å². The fourth-order valence-corrected chi connectivity index (χ4v) is 0.984. The minimum absolute atomic E-state index is 0.182. The Morgan fingerprint density at radius 3 is 2.54 bits per heavy atom. The molecule has 0 aliphatic carbocycles. The van der Waals surface area contributed by atoms with Crippen LogP contribution in [0.4, 0.5) is 4.39 Å². The maximum Gasteiger partial charge on any atom is 0.253 e. The van der Waals surface area contributed by atoms with E-state index in [0.717, 1.165) is 0 Å². The summed E-state index contributed by atoms with van der Waals surface area (Å²) in [4.78, 5) is 12.8. The van der Waals surface area contributed by atoms with Crippen molar-refractivity contribution in [1.82, 2.24) is 4.90 Å². The molecule has 1 amide bonds. The van der Waals surface area contributed by atoms with Crippen LogP contribution in [-0.4, -0.2) is 32.7 Å². The molecule has 0 N–H and O–H groups in total. The number of carbonyl (C=O) groups excluding carboxylic acids is 1. The number of halogens is 1. The van der Waals surface area contributed by atoms with Gasteiger partial charge >= 0.3 is 0 Å². The summed E-state index contributed by atoms with van der Waals surface area (Å²) in [5, 5.41) is 0. The third kappa shape index (κ3) is 2.08. The Labute approximate surface area is 77.8 Å². The summed E-state index contributed by atoms with van der Waals surface area (Å²) in [5.74, 6) is -0.522. The number of hydrogen-bond acceptors (Lipinski definition) is 1. The molecular formula is C9H11BFNO. The molecule has 1 rings (SSSR count). The predicted molar refractivity (Wildman–Crippen MR) is 52.6 cm³/mol. The quantitative estimate of drug-likeness (QED) is 0.546. The van der Waals surface area contributed by atoms with Crippen LogP contribution in [0.15, 0.2) is 18.2 Å². The van der Waals surface area contributed by atoms with Gasteiger partial charge in [-0.25, -0.2) is 4.39 Å². The van der Waals surface area contributed by atoms with E-state index in [1.54, 1.807) is 34.1 Å². The average Bonchev–Trinajstić information content (AvgIpc) is 2.08. The molecular weight excluding hydrogens is 168 g/mol. The maximum atomic E-state index is 13.0. The molecule has 0 bridgehead atoms. The normalized spacial score (nSPS) is 9.77.